The fourth-order valence-corrected chi connectivity index (χ4v) is 2.77. The number of hydrogen-bond acceptors (Lipinski definition) is 3. The van der Waals surface area contributed by atoms with Gasteiger partial charge in [-0.2, -0.15) is 0 Å². The van der Waals surface area contributed by atoms with Gasteiger partial charge in [-0.05, 0) is 22.4 Å². The highest BCUT2D eigenvalue weighted by Crippen LogP contribution is 2.40. The Hall–Kier alpha value is -1.87. The molecule has 2 heterocycles. The first-order chi connectivity index (χ1) is 8.83. The zero-order chi connectivity index (χ0) is 12.1. The molecule has 2 aliphatic heterocycles. The van der Waals surface area contributed by atoms with Crippen LogP contribution in [0.2, 0.25) is 0 Å². The van der Waals surface area contributed by atoms with Gasteiger partial charge in [0.15, 0.2) is 0 Å². The first-order valence-corrected chi connectivity index (χ1v) is 6.28. The van der Waals surface area contributed by atoms with Crippen molar-refractivity contribution in [2.24, 2.45) is 10.9 Å². The van der Waals surface area contributed by atoms with Gasteiger partial charge in [0, 0.05) is 18.1 Å². The van der Waals surface area contributed by atoms with Crippen molar-refractivity contribution in [3.05, 3.63) is 35.9 Å². The molecule has 0 amide bonds. The summed E-state index contributed by atoms with van der Waals surface area (Å²) in [4.78, 5) is 4.73. The second kappa shape index (κ2) is 3.56. The van der Waals surface area contributed by atoms with Crippen molar-refractivity contribution < 1.29 is 4.74 Å². The molecule has 1 fully saturated rings. The van der Waals surface area contributed by atoms with Gasteiger partial charge in [-0.15, -0.1) is 0 Å². The number of benzene rings is 2. The number of rotatable bonds is 1. The third kappa shape index (κ3) is 1.31. The van der Waals surface area contributed by atoms with Crippen molar-refractivity contribution in [2.45, 2.75) is 6.42 Å². The van der Waals surface area contributed by atoms with E-state index < -0.39 is 0 Å². The summed E-state index contributed by atoms with van der Waals surface area (Å²) in [6, 6.07) is 10.4. The lowest BCUT2D eigenvalue weighted by molar-refractivity contribution is 0.00138. The van der Waals surface area contributed by atoms with Crippen LogP contribution in [0.1, 0.15) is 5.56 Å². The van der Waals surface area contributed by atoms with Gasteiger partial charge < -0.3 is 10.5 Å². The molecule has 0 unspecified atom stereocenters. The van der Waals surface area contributed by atoms with Gasteiger partial charge in [0.05, 0.1) is 24.6 Å². The van der Waals surface area contributed by atoms with E-state index in [0.29, 0.717) is 5.92 Å². The molecule has 0 bridgehead atoms. The second-order valence-electron chi connectivity index (χ2n) is 5.03. The lowest BCUT2D eigenvalue weighted by Crippen LogP contribution is -2.34. The van der Waals surface area contributed by atoms with Gasteiger partial charge in [-0.1, -0.05) is 24.3 Å². The molecule has 0 radical (unpaired) electrons. The monoisotopic (exact) mass is 238 g/mol. The van der Waals surface area contributed by atoms with Gasteiger partial charge in [0.25, 0.3) is 0 Å². The Balaban J connectivity index is 1.89. The van der Waals surface area contributed by atoms with Crippen LogP contribution < -0.4 is 5.73 Å². The summed E-state index contributed by atoms with van der Waals surface area (Å²) in [5.74, 6) is 0.496. The molecule has 4 rings (SSSR count). The number of nitrogen functional groups attached to an aromatic ring is 1. The predicted octanol–water partition coefficient (Wildman–Crippen LogP) is 2.70. The van der Waals surface area contributed by atoms with Crippen molar-refractivity contribution in [1.82, 2.24) is 0 Å². The van der Waals surface area contributed by atoms with E-state index in [-0.39, 0.29) is 0 Å². The van der Waals surface area contributed by atoms with Crippen LogP contribution in [0.15, 0.2) is 35.3 Å². The van der Waals surface area contributed by atoms with Crippen molar-refractivity contribution in [2.75, 3.05) is 18.9 Å². The Morgan fingerprint density at radius 3 is 2.83 bits per heavy atom. The van der Waals surface area contributed by atoms with Gasteiger partial charge in [0.2, 0.25) is 0 Å². The molecule has 1 saturated heterocycles. The van der Waals surface area contributed by atoms with Crippen molar-refractivity contribution in [3.63, 3.8) is 0 Å². The number of ether oxygens (including phenoxy) is 1. The molecule has 0 spiro atoms. The van der Waals surface area contributed by atoms with Crippen LogP contribution in [-0.4, -0.2) is 18.9 Å². The van der Waals surface area contributed by atoms with E-state index in [1.54, 1.807) is 0 Å². The Labute approximate surface area is 105 Å². The van der Waals surface area contributed by atoms with Crippen LogP contribution in [0.5, 0.6) is 0 Å². The number of anilines is 1. The van der Waals surface area contributed by atoms with Crippen molar-refractivity contribution >= 4 is 27.9 Å². The first kappa shape index (κ1) is 10.1. The minimum Gasteiger partial charge on any atom is -0.397 e. The summed E-state index contributed by atoms with van der Waals surface area (Å²) in [7, 11) is 0. The number of nitrogens with zero attached hydrogens (tertiary/aromatic N) is 1. The minimum atomic E-state index is 0.496. The standard InChI is InChI=1S/C15H14N2O/c16-13-5-9-3-1-2-4-11(9)12-6-14(17-15(12)13)10-7-18-8-10/h1-5,10H,6-8,16H2. The fraction of sp³-hybridized carbons (Fsp3) is 0.267. The van der Waals surface area contributed by atoms with E-state index in [9.17, 15) is 0 Å². The second-order valence-corrected chi connectivity index (χ2v) is 5.03. The smallest absolute Gasteiger partial charge is 0.0900 e. The Kier molecular flexibility index (Phi) is 2.00. The van der Waals surface area contributed by atoms with E-state index >= 15 is 0 Å². The Morgan fingerprint density at radius 2 is 2.06 bits per heavy atom. The number of nitrogens with two attached hydrogens (primary N) is 1. The third-order valence-electron chi connectivity index (χ3n) is 3.88. The first-order valence-electron chi connectivity index (χ1n) is 6.28. The Morgan fingerprint density at radius 1 is 1.22 bits per heavy atom. The van der Waals surface area contributed by atoms with Crippen LogP contribution in [0.25, 0.3) is 10.8 Å². The van der Waals surface area contributed by atoms with Crippen LogP contribution in [0.3, 0.4) is 0 Å². The maximum atomic E-state index is 6.12. The molecule has 2 aliphatic rings. The van der Waals surface area contributed by atoms with E-state index in [1.165, 1.54) is 22.0 Å². The van der Waals surface area contributed by atoms with Gasteiger partial charge in [0.1, 0.15) is 0 Å². The lowest BCUT2D eigenvalue weighted by Gasteiger charge is -2.25. The summed E-state index contributed by atoms with van der Waals surface area (Å²) in [6.07, 6.45) is 0.926. The zero-order valence-electron chi connectivity index (χ0n) is 10.0. The molecule has 2 aromatic carbocycles. The quantitative estimate of drug-likeness (QED) is 0.776. The van der Waals surface area contributed by atoms with E-state index in [0.717, 1.165) is 31.0 Å². The van der Waals surface area contributed by atoms with Gasteiger partial charge >= 0.3 is 0 Å². The molecule has 0 aliphatic carbocycles. The largest absolute Gasteiger partial charge is 0.397 e. The van der Waals surface area contributed by atoms with Gasteiger partial charge in [-0.25, -0.2) is 0 Å². The fourth-order valence-electron chi connectivity index (χ4n) is 2.77. The molecule has 3 heteroatoms. The van der Waals surface area contributed by atoms with Gasteiger partial charge in [-0.3, -0.25) is 4.99 Å². The predicted molar refractivity (Wildman–Crippen MR) is 73.5 cm³/mol. The third-order valence-corrected chi connectivity index (χ3v) is 3.88. The van der Waals surface area contributed by atoms with Crippen molar-refractivity contribution in [3.8, 4) is 0 Å². The average molecular weight is 238 g/mol. The van der Waals surface area contributed by atoms with Crippen LogP contribution in [-0.2, 0) is 11.2 Å². The molecule has 0 saturated carbocycles. The molecular formula is C15H14N2O. The maximum absolute atomic E-state index is 6.12. The SMILES string of the molecule is Nc1cc2ccccc2c2c1N=C(C1COC1)C2. The molecule has 2 aromatic rings. The van der Waals surface area contributed by atoms with Crippen LogP contribution in [0.4, 0.5) is 11.4 Å². The highest BCUT2D eigenvalue weighted by molar-refractivity contribution is 6.06. The highest BCUT2D eigenvalue weighted by atomic mass is 16.5. The molecular weight excluding hydrogens is 224 g/mol. The molecule has 2 N–H and O–H groups in total. The topological polar surface area (TPSA) is 47.6 Å². The highest BCUT2D eigenvalue weighted by Gasteiger charge is 2.29. The van der Waals surface area contributed by atoms with Crippen LogP contribution in [0, 0.1) is 5.92 Å². The maximum Gasteiger partial charge on any atom is 0.0900 e. The van der Waals surface area contributed by atoms with Crippen LogP contribution >= 0.6 is 0 Å². The normalized spacial score (nSPS) is 18.6. The number of aliphatic imine (C=N–C) groups is 1. The molecule has 0 aromatic heterocycles. The minimum absolute atomic E-state index is 0.496. The summed E-state index contributed by atoms with van der Waals surface area (Å²) in [5.41, 5.74) is 10.4. The molecule has 0 atom stereocenters. The summed E-state index contributed by atoms with van der Waals surface area (Å²) >= 11 is 0. The van der Waals surface area contributed by atoms with E-state index in [4.69, 9.17) is 15.5 Å². The molecule has 3 nitrogen and oxygen atoms in total. The molecule has 18 heavy (non-hydrogen) atoms. The summed E-state index contributed by atoms with van der Waals surface area (Å²) < 4.78 is 5.25. The van der Waals surface area contributed by atoms with E-state index in [1.807, 2.05) is 12.1 Å². The Bertz CT molecular complexity index is 671. The number of fused-ring (bicyclic) bond motifs is 3. The van der Waals surface area contributed by atoms with Crippen molar-refractivity contribution in [1.29, 1.82) is 0 Å². The lowest BCUT2D eigenvalue weighted by atomic mass is 9.94. The van der Waals surface area contributed by atoms with E-state index in [2.05, 4.69) is 18.2 Å². The summed E-state index contributed by atoms with van der Waals surface area (Å²) in [5, 5.41) is 2.48. The summed E-state index contributed by atoms with van der Waals surface area (Å²) in [6.45, 7) is 1.62. The zero-order valence-corrected chi connectivity index (χ0v) is 10.0. The molecule has 90 valence electrons. The number of hydrogen-bond donors (Lipinski definition) is 1. The average Bonchev–Trinajstić information content (AvgIpc) is 2.72.